The van der Waals surface area contributed by atoms with E-state index in [1.165, 1.54) is 13.2 Å². The summed E-state index contributed by atoms with van der Waals surface area (Å²) in [5.41, 5.74) is 13.9. The number of ether oxygens (including phenoxy) is 1. The molecule has 52 heavy (non-hydrogen) atoms. The van der Waals surface area contributed by atoms with E-state index in [-0.39, 0.29) is 63.6 Å². The zero-order valence-electron chi connectivity index (χ0n) is 29.3. The average molecular weight is 700 g/mol. The highest BCUT2D eigenvalue weighted by Gasteiger charge is 2.30. The Morgan fingerprint density at radius 2 is 1.23 bits per heavy atom. The lowest BCUT2D eigenvalue weighted by atomic mass is 9.82. The number of hydrogen-bond acceptors (Lipinski definition) is 10. The Morgan fingerprint density at radius 1 is 0.596 bits per heavy atom. The maximum atomic E-state index is 12.3. The van der Waals surface area contributed by atoms with Crippen LogP contribution in [0.1, 0.15) is 40.3 Å². The first-order valence-corrected chi connectivity index (χ1v) is 17.3. The van der Waals surface area contributed by atoms with E-state index in [0.717, 1.165) is 38.8 Å². The molecule has 2 aliphatic rings. The molecule has 0 fully saturated rings. The monoisotopic (exact) mass is 699 g/mol. The summed E-state index contributed by atoms with van der Waals surface area (Å²) in [6.45, 7) is 6.64. The van der Waals surface area contributed by atoms with E-state index < -0.39 is 6.17 Å². The maximum Gasteiger partial charge on any atom is 0.135 e. The van der Waals surface area contributed by atoms with Crippen LogP contribution in [0.4, 0.5) is 0 Å². The minimum Gasteiger partial charge on any atom is -0.508 e. The summed E-state index contributed by atoms with van der Waals surface area (Å²) in [4.78, 5) is 0. The Hall–Kier alpha value is -5.68. The number of phenols is 6. The molecular weight excluding hydrogens is 658 g/mol. The lowest BCUT2D eigenvalue weighted by Crippen LogP contribution is -2.42. The van der Waals surface area contributed by atoms with Crippen molar-refractivity contribution < 1.29 is 35.4 Å². The molecule has 0 saturated heterocycles. The highest BCUT2D eigenvalue weighted by molar-refractivity contribution is 6.13. The first-order valence-electron chi connectivity index (χ1n) is 17.3. The van der Waals surface area contributed by atoms with E-state index in [2.05, 4.69) is 17.6 Å². The van der Waals surface area contributed by atoms with Crippen LogP contribution in [0.3, 0.4) is 0 Å². The van der Waals surface area contributed by atoms with Gasteiger partial charge in [0, 0.05) is 59.4 Å². The Morgan fingerprint density at radius 3 is 1.96 bits per heavy atom. The molecule has 0 amide bonds. The number of nitrogens with two attached hydrogens (primary N) is 1. The number of hydrogen-bond donors (Lipinski definition) is 9. The quantitative estimate of drug-likeness (QED) is 0.0948. The molecular formula is C42H41N3O7. The van der Waals surface area contributed by atoms with Gasteiger partial charge < -0.3 is 46.4 Å². The van der Waals surface area contributed by atoms with Gasteiger partial charge in [0.1, 0.15) is 40.2 Å². The lowest BCUT2D eigenvalue weighted by Gasteiger charge is -2.28. The third-order valence-electron chi connectivity index (χ3n) is 10.7. The number of methoxy groups -OCH3 is 1. The zero-order valence-corrected chi connectivity index (χ0v) is 29.3. The third-order valence-corrected chi connectivity index (χ3v) is 10.7. The number of aryl methyl sites for hydroxylation is 2. The van der Waals surface area contributed by atoms with Gasteiger partial charge in [-0.1, -0.05) is 18.2 Å². The van der Waals surface area contributed by atoms with Crippen molar-refractivity contribution >= 4 is 21.5 Å². The molecule has 2 atom stereocenters. The number of fused-ring (bicyclic) bond motifs is 4. The molecule has 266 valence electrons. The highest BCUT2D eigenvalue weighted by Crippen LogP contribution is 2.54. The summed E-state index contributed by atoms with van der Waals surface area (Å²) < 4.78 is 5.86. The summed E-state index contributed by atoms with van der Waals surface area (Å²) in [6.07, 6.45) is 0.506. The van der Waals surface area contributed by atoms with Gasteiger partial charge in [-0.2, -0.15) is 0 Å². The van der Waals surface area contributed by atoms with Crippen molar-refractivity contribution in [2.24, 2.45) is 5.73 Å². The second-order valence-corrected chi connectivity index (χ2v) is 14.3. The van der Waals surface area contributed by atoms with Crippen molar-refractivity contribution in [1.82, 2.24) is 10.6 Å². The fraction of sp³-hybridized carbons (Fsp3) is 0.238. The van der Waals surface area contributed by atoms with Crippen LogP contribution >= 0.6 is 0 Å². The first kappa shape index (κ1) is 33.5. The van der Waals surface area contributed by atoms with Crippen LogP contribution in [0.2, 0.25) is 0 Å². The number of phenolic OH excluding ortho intramolecular Hbond substituents is 6. The van der Waals surface area contributed by atoms with Crippen molar-refractivity contribution in [3.05, 3.63) is 88.0 Å². The molecule has 8 rings (SSSR count). The molecule has 0 saturated carbocycles. The molecule has 0 aromatic heterocycles. The zero-order chi connectivity index (χ0) is 36.7. The number of benzene rings is 6. The fourth-order valence-corrected chi connectivity index (χ4v) is 8.31. The SMILES string of the molecule is COc1cc(C)cc2c(-c3ccc(O)c4c3C[C@@H](C)NC4)cc(-c3cc(-c4c(O)cc(O)c5c4C[C@@H](N)NC5)c4cc(C)cc(O)c4c3O)c(O)c12. The van der Waals surface area contributed by atoms with Crippen molar-refractivity contribution in [2.75, 3.05) is 7.11 Å². The van der Waals surface area contributed by atoms with Gasteiger partial charge in [0.25, 0.3) is 0 Å². The number of rotatable bonds is 4. The molecule has 0 unspecified atom stereocenters. The molecule has 0 aliphatic carbocycles. The Bertz CT molecular complexity index is 2490. The molecule has 10 nitrogen and oxygen atoms in total. The maximum absolute atomic E-state index is 12.3. The van der Waals surface area contributed by atoms with Gasteiger partial charge in [-0.05, 0) is 107 Å². The van der Waals surface area contributed by atoms with Crippen LogP contribution < -0.4 is 21.1 Å². The third kappa shape index (κ3) is 5.13. The predicted molar refractivity (Wildman–Crippen MR) is 202 cm³/mol. The summed E-state index contributed by atoms with van der Waals surface area (Å²) in [7, 11) is 1.54. The molecule has 6 aromatic rings. The molecule has 0 spiro atoms. The molecule has 2 aliphatic heterocycles. The number of aromatic hydroxyl groups is 6. The van der Waals surface area contributed by atoms with E-state index in [0.29, 0.717) is 58.2 Å². The molecule has 0 bridgehead atoms. The van der Waals surface area contributed by atoms with E-state index in [4.69, 9.17) is 10.5 Å². The molecule has 10 heteroatoms. The Balaban J connectivity index is 1.52. The standard InChI is InChI=1S/C42H41N3O7/c1-18-7-25-26(38-27-14-37(43)45-17-31(27)33(47)15-35(38)49)13-29(41(50)39(25)34(48)9-18)28-12-23(24-8-19(2)10-36(52-4)40(24)42(28)51)21-5-6-32(46)30-16-44-20(3)11-22(21)30/h5-10,12-13,15,20,37,44-51H,11,14,16-17,43H2,1-4H3/t20-,37+/m1/s1. The van der Waals surface area contributed by atoms with Crippen LogP contribution in [-0.2, 0) is 25.9 Å². The van der Waals surface area contributed by atoms with Gasteiger partial charge >= 0.3 is 0 Å². The predicted octanol–water partition coefficient (Wildman–Crippen LogP) is 6.82. The summed E-state index contributed by atoms with van der Waals surface area (Å²) in [5.74, 6) is -0.215. The topological polar surface area (TPSA) is 181 Å². The van der Waals surface area contributed by atoms with Crippen molar-refractivity contribution in [3.63, 3.8) is 0 Å². The summed E-state index contributed by atoms with van der Waals surface area (Å²) in [6, 6.07) is 15.7. The van der Waals surface area contributed by atoms with Crippen molar-refractivity contribution in [3.8, 4) is 73.6 Å². The average Bonchev–Trinajstić information content (AvgIpc) is 3.09. The fourth-order valence-electron chi connectivity index (χ4n) is 8.31. The van der Waals surface area contributed by atoms with Crippen LogP contribution in [0.25, 0.3) is 54.9 Å². The van der Waals surface area contributed by atoms with Gasteiger partial charge in [-0.25, -0.2) is 0 Å². The molecule has 0 radical (unpaired) electrons. The first-order chi connectivity index (χ1) is 24.9. The Kier molecular flexibility index (Phi) is 7.87. The minimum atomic E-state index is -0.442. The Labute approximate surface area is 300 Å². The highest BCUT2D eigenvalue weighted by atomic mass is 16.5. The van der Waals surface area contributed by atoms with Crippen molar-refractivity contribution in [2.45, 2.75) is 58.9 Å². The van der Waals surface area contributed by atoms with Crippen LogP contribution in [0.5, 0.6) is 40.2 Å². The molecule has 2 heterocycles. The van der Waals surface area contributed by atoms with E-state index in [1.54, 1.807) is 18.2 Å². The van der Waals surface area contributed by atoms with Crippen molar-refractivity contribution in [1.29, 1.82) is 0 Å². The van der Waals surface area contributed by atoms with Gasteiger partial charge in [0.2, 0.25) is 0 Å². The van der Waals surface area contributed by atoms with Crippen LogP contribution in [-0.4, -0.2) is 50.0 Å². The van der Waals surface area contributed by atoms with Gasteiger partial charge in [0.05, 0.1) is 24.0 Å². The van der Waals surface area contributed by atoms with E-state index >= 15 is 0 Å². The summed E-state index contributed by atoms with van der Waals surface area (Å²) >= 11 is 0. The normalized spacial score (nSPS) is 16.9. The van der Waals surface area contributed by atoms with Crippen LogP contribution in [0.15, 0.2) is 54.6 Å². The second-order valence-electron chi connectivity index (χ2n) is 14.3. The number of nitrogens with one attached hydrogen (secondary N) is 2. The largest absolute Gasteiger partial charge is 0.508 e. The lowest BCUT2D eigenvalue weighted by molar-refractivity contribution is 0.416. The van der Waals surface area contributed by atoms with Crippen LogP contribution in [0, 0.1) is 13.8 Å². The second kappa shape index (κ2) is 12.2. The van der Waals surface area contributed by atoms with Gasteiger partial charge in [-0.15, -0.1) is 0 Å². The van der Waals surface area contributed by atoms with Gasteiger partial charge in [0.15, 0.2) is 0 Å². The van der Waals surface area contributed by atoms with E-state index in [1.807, 2.05) is 44.2 Å². The minimum absolute atomic E-state index is 0.0704. The molecule has 10 N–H and O–H groups in total. The smallest absolute Gasteiger partial charge is 0.135 e. The van der Waals surface area contributed by atoms with Gasteiger partial charge in [-0.3, -0.25) is 5.32 Å². The summed E-state index contributed by atoms with van der Waals surface area (Å²) in [5, 5.41) is 77.5. The molecule has 6 aromatic carbocycles. The van der Waals surface area contributed by atoms with E-state index in [9.17, 15) is 30.6 Å².